The van der Waals surface area contributed by atoms with Crippen molar-refractivity contribution >= 4 is 22.8 Å². The molecule has 5 rings (SSSR count). The average molecular weight is 512 g/mol. The number of fused-ring (bicyclic) bond motifs is 1. The molecule has 38 heavy (non-hydrogen) atoms. The van der Waals surface area contributed by atoms with Crippen LogP contribution in [0.2, 0.25) is 0 Å². The monoisotopic (exact) mass is 511 g/mol. The number of aromatic nitrogens is 4. The van der Waals surface area contributed by atoms with E-state index in [-0.39, 0.29) is 11.9 Å². The van der Waals surface area contributed by atoms with Crippen LogP contribution in [-0.2, 0) is 6.54 Å². The molecule has 1 amide bonds. The Morgan fingerprint density at radius 1 is 1.21 bits per heavy atom. The molecule has 196 valence electrons. The highest BCUT2D eigenvalue weighted by Gasteiger charge is 2.28. The summed E-state index contributed by atoms with van der Waals surface area (Å²) in [4.78, 5) is 23.4. The van der Waals surface area contributed by atoms with Crippen LogP contribution in [0.15, 0.2) is 61.4 Å². The number of likely N-dealkylation sites (tertiary alicyclic amines) is 1. The van der Waals surface area contributed by atoms with Crippen LogP contribution >= 0.6 is 0 Å². The van der Waals surface area contributed by atoms with Crippen molar-refractivity contribution in [3.8, 4) is 11.3 Å². The lowest BCUT2D eigenvalue weighted by Gasteiger charge is -2.34. The van der Waals surface area contributed by atoms with E-state index in [0.29, 0.717) is 41.2 Å². The van der Waals surface area contributed by atoms with Gasteiger partial charge in [-0.05, 0) is 50.5 Å². The third-order valence-corrected chi connectivity index (χ3v) is 7.04. The van der Waals surface area contributed by atoms with Gasteiger partial charge in [-0.3, -0.25) is 9.69 Å². The van der Waals surface area contributed by atoms with Crippen LogP contribution in [0.5, 0.6) is 0 Å². The Hall–Kier alpha value is -4.08. The van der Waals surface area contributed by atoms with Crippen LogP contribution in [-0.4, -0.2) is 55.0 Å². The van der Waals surface area contributed by atoms with Crippen LogP contribution in [0.3, 0.4) is 0 Å². The molecule has 0 aliphatic carbocycles. The number of nitrogens with zero attached hydrogens (tertiary/aromatic N) is 5. The molecule has 1 saturated heterocycles. The van der Waals surface area contributed by atoms with Crippen molar-refractivity contribution in [2.45, 2.75) is 45.5 Å². The molecule has 1 unspecified atom stereocenters. The molecule has 1 fully saturated rings. The number of piperidine rings is 1. The van der Waals surface area contributed by atoms with Crippen LogP contribution in [0, 0.1) is 13.8 Å². The van der Waals surface area contributed by atoms with Gasteiger partial charge in [0.25, 0.3) is 5.91 Å². The lowest BCUT2D eigenvalue weighted by molar-refractivity contribution is 0.0127. The zero-order valence-corrected chi connectivity index (χ0v) is 21.8. The van der Waals surface area contributed by atoms with E-state index in [4.69, 9.17) is 10.8 Å². The normalized spacial score (nSPS) is 16.9. The van der Waals surface area contributed by atoms with Crippen molar-refractivity contribution in [3.05, 3.63) is 83.7 Å². The van der Waals surface area contributed by atoms with Crippen molar-refractivity contribution < 1.29 is 9.90 Å². The predicted octanol–water partition coefficient (Wildman–Crippen LogP) is 3.76. The van der Waals surface area contributed by atoms with Crippen molar-refractivity contribution in [2.75, 3.05) is 18.8 Å². The Balaban J connectivity index is 1.38. The number of aliphatic hydroxyl groups is 1. The van der Waals surface area contributed by atoms with Gasteiger partial charge in [0.15, 0.2) is 5.65 Å². The summed E-state index contributed by atoms with van der Waals surface area (Å²) >= 11 is 0. The molecule has 2 atom stereocenters. The number of nitrogens with two attached hydrogens (primary N) is 1. The summed E-state index contributed by atoms with van der Waals surface area (Å²) in [5.41, 5.74) is 12.3. The summed E-state index contributed by atoms with van der Waals surface area (Å²) in [6, 6.07) is 13.8. The van der Waals surface area contributed by atoms with Gasteiger partial charge >= 0.3 is 0 Å². The van der Waals surface area contributed by atoms with Crippen molar-refractivity contribution in [3.63, 3.8) is 0 Å². The zero-order chi connectivity index (χ0) is 26.8. The summed E-state index contributed by atoms with van der Waals surface area (Å²) in [5.74, 6) is 0.276. The summed E-state index contributed by atoms with van der Waals surface area (Å²) in [7, 11) is 0. The zero-order valence-electron chi connectivity index (χ0n) is 21.8. The molecule has 1 aliphatic rings. The van der Waals surface area contributed by atoms with Crippen LogP contribution < -0.4 is 11.1 Å². The molecule has 0 radical (unpaired) electrons. The second-order valence-corrected chi connectivity index (χ2v) is 9.95. The van der Waals surface area contributed by atoms with Crippen molar-refractivity contribution in [1.29, 1.82) is 0 Å². The second kappa shape index (κ2) is 10.7. The van der Waals surface area contributed by atoms with Crippen molar-refractivity contribution in [1.82, 2.24) is 30.0 Å². The van der Waals surface area contributed by atoms with Gasteiger partial charge in [-0.25, -0.2) is 14.6 Å². The highest BCUT2D eigenvalue weighted by molar-refractivity contribution is 5.98. The number of amides is 1. The Morgan fingerprint density at radius 2 is 1.95 bits per heavy atom. The maximum absolute atomic E-state index is 12.7. The van der Waals surface area contributed by atoms with Gasteiger partial charge in [0.1, 0.15) is 24.1 Å². The molecular formula is C29H33N7O2. The SMILES string of the molecule is C=CC(O)N1CCC[C@@H](n2nc(-c3ccc(CNC(=O)c4cc(C)cc(C)c4)cc3)c3c(N)ncnc32)C1. The number of hydrogen-bond donors (Lipinski definition) is 3. The number of nitrogens with one attached hydrogen (secondary N) is 1. The fraction of sp³-hybridized carbons (Fsp3) is 0.310. The Bertz CT molecular complexity index is 1460. The van der Waals surface area contributed by atoms with E-state index < -0.39 is 6.23 Å². The first kappa shape index (κ1) is 25.6. The number of hydrogen-bond acceptors (Lipinski definition) is 7. The third-order valence-electron chi connectivity index (χ3n) is 7.04. The topological polar surface area (TPSA) is 122 Å². The van der Waals surface area contributed by atoms with E-state index in [1.807, 2.05) is 65.9 Å². The molecule has 4 aromatic rings. The molecule has 9 nitrogen and oxygen atoms in total. The highest BCUT2D eigenvalue weighted by atomic mass is 16.3. The third kappa shape index (κ3) is 5.16. The Kier molecular flexibility index (Phi) is 7.22. The average Bonchev–Trinajstić information content (AvgIpc) is 3.32. The first-order chi connectivity index (χ1) is 18.3. The van der Waals surface area contributed by atoms with Gasteiger partial charge in [-0.1, -0.05) is 48.0 Å². The molecule has 2 aromatic heterocycles. The fourth-order valence-electron chi connectivity index (χ4n) is 5.19. The number of carbonyl (C=O) groups excluding carboxylic acids is 1. The minimum absolute atomic E-state index is 0.0312. The lowest BCUT2D eigenvalue weighted by atomic mass is 10.1. The highest BCUT2D eigenvalue weighted by Crippen LogP contribution is 2.34. The molecule has 3 heterocycles. The number of anilines is 1. The van der Waals surface area contributed by atoms with E-state index in [9.17, 15) is 9.90 Å². The summed E-state index contributed by atoms with van der Waals surface area (Å²) < 4.78 is 1.92. The largest absolute Gasteiger partial charge is 0.383 e. The van der Waals surface area contributed by atoms with E-state index in [1.165, 1.54) is 6.33 Å². The molecule has 1 aliphatic heterocycles. The first-order valence-electron chi connectivity index (χ1n) is 12.8. The summed E-state index contributed by atoms with van der Waals surface area (Å²) in [6.07, 6.45) is 4.15. The van der Waals surface area contributed by atoms with Crippen molar-refractivity contribution in [2.24, 2.45) is 0 Å². The number of rotatable bonds is 7. The van der Waals surface area contributed by atoms with Gasteiger partial charge in [0.05, 0.1) is 11.4 Å². The van der Waals surface area contributed by atoms with Crippen LogP contribution in [0.4, 0.5) is 5.82 Å². The smallest absolute Gasteiger partial charge is 0.251 e. The quantitative estimate of drug-likeness (QED) is 0.323. The second-order valence-electron chi connectivity index (χ2n) is 9.95. The standard InChI is InChI=1S/C29H33N7O2/c1-4-24(37)35-11-5-6-23(16-35)36-28-25(27(30)32-17-33-28)26(34-36)21-9-7-20(8-10-21)15-31-29(38)22-13-18(2)12-19(3)14-22/h4,7-10,12-14,17,23-24,37H,1,5-6,11,15-16H2,2-3H3,(H,31,38)(H2,30,32,33)/t23-,24?/m1/s1. The number of aryl methyl sites for hydroxylation is 2. The van der Waals surface area contributed by atoms with Gasteiger partial charge in [-0.2, -0.15) is 5.10 Å². The minimum Gasteiger partial charge on any atom is -0.383 e. The van der Waals surface area contributed by atoms with E-state index >= 15 is 0 Å². The summed E-state index contributed by atoms with van der Waals surface area (Å²) in [6.45, 7) is 9.53. The molecule has 2 aromatic carbocycles. The number of carbonyl (C=O) groups is 1. The van der Waals surface area contributed by atoms with E-state index in [2.05, 4.69) is 21.9 Å². The minimum atomic E-state index is -0.693. The summed E-state index contributed by atoms with van der Waals surface area (Å²) in [5, 5.41) is 19.0. The maximum atomic E-state index is 12.7. The molecule has 0 bridgehead atoms. The maximum Gasteiger partial charge on any atom is 0.251 e. The van der Waals surface area contributed by atoms with Crippen LogP contribution in [0.25, 0.3) is 22.3 Å². The lowest BCUT2D eigenvalue weighted by Crippen LogP contribution is -2.42. The van der Waals surface area contributed by atoms with Gasteiger partial charge in [0.2, 0.25) is 0 Å². The Morgan fingerprint density at radius 3 is 2.66 bits per heavy atom. The number of nitrogen functional groups attached to an aromatic ring is 1. The molecular weight excluding hydrogens is 478 g/mol. The van der Waals surface area contributed by atoms with Crippen LogP contribution in [0.1, 0.15) is 45.9 Å². The first-order valence-corrected chi connectivity index (χ1v) is 12.8. The molecule has 4 N–H and O–H groups in total. The Labute approximate surface area is 222 Å². The fourth-order valence-corrected chi connectivity index (χ4v) is 5.19. The number of benzene rings is 2. The molecule has 0 spiro atoms. The van der Waals surface area contributed by atoms with Gasteiger partial charge in [-0.15, -0.1) is 0 Å². The van der Waals surface area contributed by atoms with E-state index in [0.717, 1.165) is 41.6 Å². The predicted molar refractivity (Wildman–Crippen MR) is 148 cm³/mol. The van der Waals surface area contributed by atoms with Gasteiger partial charge in [0, 0.05) is 30.8 Å². The number of aliphatic hydroxyl groups excluding tert-OH is 1. The van der Waals surface area contributed by atoms with Gasteiger partial charge < -0.3 is 16.2 Å². The van der Waals surface area contributed by atoms with E-state index in [1.54, 1.807) is 6.08 Å². The molecule has 0 saturated carbocycles. The molecule has 9 heteroatoms.